The number of hydrogen-bond acceptors (Lipinski definition) is 8. The van der Waals surface area contributed by atoms with Crippen LogP contribution in [0.15, 0.2) is 20.0 Å². The molecular formula is C20H28N4O4. The van der Waals surface area contributed by atoms with Crippen molar-refractivity contribution >= 4 is 24.3 Å². The van der Waals surface area contributed by atoms with Crippen molar-refractivity contribution in [3.63, 3.8) is 0 Å². The third kappa shape index (κ3) is 8.94. The molecule has 0 aromatic carbocycles. The molecule has 0 bridgehead atoms. The molecule has 0 aromatic rings. The Morgan fingerprint density at radius 2 is 1.32 bits per heavy atom. The van der Waals surface area contributed by atoms with Crippen molar-refractivity contribution in [3.05, 3.63) is 0 Å². The first-order chi connectivity index (χ1) is 13.7. The quantitative estimate of drug-likeness (QED) is 0.256. The predicted molar refractivity (Wildman–Crippen MR) is 103 cm³/mol. The highest BCUT2D eigenvalue weighted by Crippen LogP contribution is 2.38. The van der Waals surface area contributed by atoms with Crippen LogP contribution in [0, 0.1) is 5.92 Å². The average molecular weight is 388 g/mol. The van der Waals surface area contributed by atoms with Gasteiger partial charge in [0.05, 0.1) is 12.6 Å². The van der Waals surface area contributed by atoms with Crippen molar-refractivity contribution in [2.24, 2.45) is 25.9 Å². The summed E-state index contributed by atoms with van der Waals surface area (Å²) in [6, 6.07) is -0.0860. The zero-order chi connectivity index (χ0) is 20.5. The lowest BCUT2D eigenvalue weighted by atomic mass is 9.77. The van der Waals surface area contributed by atoms with Crippen LogP contribution in [-0.2, 0) is 19.2 Å². The van der Waals surface area contributed by atoms with Gasteiger partial charge in [0.15, 0.2) is 5.66 Å². The number of unbranched alkanes of at least 4 members (excludes halogenated alkanes) is 6. The molecule has 0 amide bonds. The molecule has 28 heavy (non-hydrogen) atoms. The van der Waals surface area contributed by atoms with E-state index in [2.05, 4.69) is 20.0 Å². The Kier molecular flexibility index (Phi) is 12.3. The zero-order valence-corrected chi connectivity index (χ0v) is 16.3. The first-order valence-electron chi connectivity index (χ1n) is 10.00. The van der Waals surface area contributed by atoms with Crippen molar-refractivity contribution in [3.8, 4) is 0 Å². The highest BCUT2D eigenvalue weighted by atomic mass is 16.1. The Bertz CT molecular complexity index is 627. The van der Waals surface area contributed by atoms with Gasteiger partial charge >= 0.3 is 0 Å². The molecule has 0 heterocycles. The largest absolute Gasteiger partial charge is 0.237 e. The van der Waals surface area contributed by atoms with Crippen LogP contribution >= 0.6 is 0 Å². The zero-order valence-electron chi connectivity index (χ0n) is 16.3. The Hall–Kier alpha value is -2.48. The fourth-order valence-electron chi connectivity index (χ4n) is 3.85. The van der Waals surface area contributed by atoms with E-state index >= 15 is 0 Å². The summed E-state index contributed by atoms with van der Waals surface area (Å²) < 4.78 is 0. The molecule has 1 atom stereocenters. The standard InChI is InChI=1S/C20H28N4O4/c25-14-21-13-7-5-3-1-2-4-6-8-19(22-15-26)18-9-11-20(12-10-18,23-16-27)24-17-28/h18-19H,1-13H2. The molecule has 1 fully saturated rings. The van der Waals surface area contributed by atoms with Crippen molar-refractivity contribution < 1.29 is 19.2 Å². The van der Waals surface area contributed by atoms with Crippen molar-refractivity contribution in [2.75, 3.05) is 6.54 Å². The number of hydrogen-bond donors (Lipinski definition) is 0. The first kappa shape index (κ1) is 23.6. The third-order valence-electron chi connectivity index (χ3n) is 5.44. The number of rotatable bonds is 14. The van der Waals surface area contributed by atoms with Crippen LogP contribution in [0.5, 0.6) is 0 Å². The van der Waals surface area contributed by atoms with Crippen molar-refractivity contribution in [1.82, 2.24) is 0 Å². The number of nitrogens with zero attached hydrogens (tertiary/aromatic N) is 4. The van der Waals surface area contributed by atoms with Gasteiger partial charge in [0.25, 0.3) is 0 Å². The molecule has 0 aliphatic heterocycles. The van der Waals surface area contributed by atoms with Gasteiger partial charge in [-0.25, -0.2) is 29.2 Å². The van der Waals surface area contributed by atoms with Gasteiger partial charge in [-0.05, 0) is 44.4 Å². The fourth-order valence-corrected chi connectivity index (χ4v) is 3.85. The van der Waals surface area contributed by atoms with Gasteiger partial charge in [0, 0.05) is 0 Å². The van der Waals surface area contributed by atoms with E-state index < -0.39 is 5.66 Å². The Morgan fingerprint density at radius 1 is 0.750 bits per heavy atom. The number of carbonyl (C=O) groups excluding carboxylic acids is 4. The topological polar surface area (TPSA) is 118 Å². The summed E-state index contributed by atoms with van der Waals surface area (Å²) in [5.74, 6) is 0.205. The van der Waals surface area contributed by atoms with E-state index in [0.29, 0.717) is 32.2 Å². The van der Waals surface area contributed by atoms with Crippen LogP contribution in [-0.4, -0.2) is 42.6 Å². The second-order valence-electron chi connectivity index (χ2n) is 7.25. The van der Waals surface area contributed by atoms with Gasteiger partial charge in [-0.15, -0.1) is 0 Å². The van der Waals surface area contributed by atoms with Crippen molar-refractivity contribution in [1.29, 1.82) is 0 Å². The van der Waals surface area contributed by atoms with E-state index in [1.807, 2.05) is 0 Å². The Balaban J connectivity index is 2.32. The summed E-state index contributed by atoms with van der Waals surface area (Å²) >= 11 is 0. The summed E-state index contributed by atoms with van der Waals surface area (Å²) in [5, 5.41) is 0. The molecule has 0 aromatic heterocycles. The monoisotopic (exact) mass is 388 g/mol. The smallest absolute Gasteiger partial charge is 0.211 e. The van der Waals surface area contributed by atoms with Gasteiger partial charge in [-0.3, -0.25) is 0 Å². The highest BCUT2D eigenvalue weighted by Gasteiger charge is 2.37. The lowest BCUT2D eigenvalue weighted by molar-refractivity contribution is 0.212. The second-order valence-corrected chi connectivity index (χ2v) is 7.25. The molecule has 1 saturated carbocycles. The normalized spacial score (nSPS) is 21.9. The van der Waals surface area contributed by atoms with E-state index in [9.17, 15) is 19.2 Å². The highest BCUT2D eigenvalue weighted by molar-refractivity contribution is 5.39. The molecule has 1 rings (SSSR count). The third-order valence-corrected chi connectivity index (χ3v) is 5.44. The molecule has 1 aliphatic rings. The lowest BCUT2D eigenvalue weighted by Gasteiger charge is -2.34. The molecule has 0 radical (unpaired) electrons. The maximum absolute atomic E-state index is 10.8. The maximum Gasteiger partial charge on any atom is 0.237 e. The van der Waals surface area contributed by atoms with Crippen LogP contribution in [0.25, 0.3) is 0 Å². The molecule has 8 nitrogen and oxygen atoms in total. The fraction of sp³-hybridized carbons (Fsp3) is 0.800. The van der Waals surface area contributed by atoms with E-state index in [-0.39, 0.29) is 12.0 Å². The minimum absolute atomic E-state index is 0.0860. The molecule has 8 heteroatoms. The summed E-state index contributed by atoms with van der Waals surface area (Å²) in [6.07, 6.45) is 16.8. The van der Waals surface area contributed by atoms with Crippen LogP contribution in [0.4, 0.5) is 0 Å². The summed E-state index contributed by atoms with van der Waals surface area (Å²) in [7, 11) is 0. The van der Waals surface area contributed by atoms with Crippen LogP contribution in [0.1, 0.15) is 77.0 Å². The van der Waals surface area contributed by atoms with Crippen LogP contribution in [0.2, 0.25) is 0 Å². The molecule has 0 saturated heterocycles. The number of aliphatic imine (C=N–C) groups is 4. The minimum atomic E-state index is -1.04. The predicted octanol–water partition coefficient (Wildman–Crippen LogP) is 3.71. The van der Waals surface area contributed by atoms with Gasteiger partial charge in [0.1, 0.15) is 0 Å². The van der Waals surface area contributed by atoms with Gasteiger partial charge in [-0.1, -0.05) is 38.5 Å². The second kappa shape index (κ2) is 14.6. The average Bonchev–Trinajstić information content (AvgIpc) is 2.70. The Labute approximate surface area is 165 Å². The SMILES string of the molecule is O=C=NCCCCCCCCCC(N=C=O)C1CCC(N=C=O)(N=C=O)CC1. The van der Waals surface area contributed by atoms with Gasteiger partial charge in [-0.2, -0.15) is 9.98 Å². The van der Waals surface area contributed by atoms with E-state index in [1.54, 1.807) is 12.2 Å². The van der Waals surface area contributed by atoms with Gasteiger partial charge < -0.3 is 0 Å². The lowest BCUT2D eigenvalue weighted by Crippen LogP contribution is -2.34. The molecular weight excluding hydrogens is 360 g/mol. The molecule has 1 unspecified atom stereocenters. The van der Waals surface area contributed by atoms with Crippen molar-refractivity contribution in [2.45, 2.75) is 88.8 Å². The van der Waals surface area contributed by atoms with E-state index in [1.165, 1.54) is 12.2 Å². The van der Waals surface area contributed by atoms with E-state index in [0.717, 1.165) is 51.4 Å². The molecule has 0 spiro atoms. The number of isocyanates is 4. The molecule has 0 N–H and O–H groups in total. The summed E-state index contributed by atoms with van der Waals surface area (Å²) in [4.78, 5) is 56.9. The first-order valence-corrected chi connectivity index (χ1v) is 10.00. The van der Waals surface area contributed by atoms with Gasteiger partial charge in [0.2, 0.25) is 24.3 Å². The van der Waals surface area contributed by atoms with E-state index in [4.69, 9.17) is 0 Å². The Morgan fingerprint density at radius 3 is 1.86 bits per heavy atom. The maximum atomic E-state index is 10.8. The minimum Gasteiger partial charge on any atom is -0.211 e. The summed E-state index contributed by atoms with van der Waals surface area (Å²) in [5.41, 5.74) is -1.04. The summed E-state index contributed by atoms with van der Waals surface area (Å²) in [6.45, 7) is 0.563. The molecule has 1 aliphatic carbocycles. The molecule has 152 valence electrons. The van der Waals surface area contributed by atoms with Crippen LogP contribution < -0.4 is 0 Å². The van der Waals surface area contributed by atoms with Crippen LogP contribution in [0.3, 0.4) is 0 Å².